The predicted molar refractivity (Wildman–Crippen MR) is 46.6 cm³/mol. The number of hydrogen-bond acceptors (Lipinski definition) is 3. The molecule has 0 saturated carbocycles. The monoisotopic (exact) mass is 268 g/mol. The van der Waals surface area contributed by atoms with Crippen LogP contribution in [-0.4, -0.2) is 17.3 Å². The average Bonchev–Trinajstić information content (AvgIpc) is 1.89. The molecule has 0 spiro atoms. The van der Waals surface area contributed by atoms with Gasteiger partial charge in [-0.15, -0.1) is 22.1 Å². The van der Waals surface area contributed by atoms with Gasteiger partial charge in [0.05, 0.1) is 17.8 Å². The maximum absolute atomic E-state index is 4.82. The van der Waals surface area contributed by atoms with Crippen LogP contribution in [0.2, 0.25) is 0 Å². The zero-order valence-electron chi connectivity index (χ0n) is 5.24. The first kappa shape index (κ1) is 9.84. The van der Waals surface area contributed by atoms with E-state index in [2.05, 4.69) is 26.1 Å². The van der Waals surface area contributed by atoms with Gasteiger partial charge in [-0.3, -0.25) is 0 Å². The molecule has 1 rings (SSSR count). The van der Waals surface area contributed by atoms with E-state index in [4.69, 9.17) is 4.74 Å². The molecule has 0 aliphatic heterocycles. The zero-order chi connectivity index (χ0) is 6.69. The highest BCUT2D eigenvalue weighted by molar-refractivity contribution is 9.10. The van der Waals surface area contributed by atoms with Crippen molar-refractivity contribution in [2.75, 3.05) is 7.11 Å². The minimum absolute atomic E-state index is 0. The van der Waals surface area contributed by atoms with Crippen molar-refractivity contribution < 1.29 is 4.74 Å². The molecule has 10 heavy (non-hydrogen) atoms. The van der Waals surface area contributed by atoms with Gasteiger partial charge >= 0.3 is 0 Å². The number of methoxy groups -OCH3 is 1. The van der Waals surface area contributed by atoms with Crippen LogP contribution in [0.1, 0.15) is 0 Å². The summed E-state index contributed by atoms with van der Waals surface area (Å²) in [6, 6.07) is 1.77. The lowest BCUT2D eigenvalue weighted by Crippen LogP contribution is -1.89. The first-order valence-corrected chi connectivity index (χ1v) is 3.15. The van der Waals surface area contributed by atoms with Crippen LogP contribution in [0.4, 0.5) is 0 Å². The summed E-state index contributed by atoms with van der Waals surface area (Å²) in [6.07, 6.45) is 1.59. The third-order valence-corrected chi connectivity index (χ3v) is 1.44. The molecule has 0 bridgehead atoms. The molecule has 3 nitrogen and oxygen atoms in total. The van der Waals surface area contributed by atoms with Crippen molar-refractivity contribution in [3.05, 3.63) is 16.7 Å². The summed E-state index contributed by atoms with van der Waals surface area (Å²) >= 11 is 3.23. The van der Waals surface area contributed by atoms with E-state index in [9.17, 15) is 0 Å². The van der Waals surface area contributed by atoms with Crippen molar-refractivity contribution in [3.63, 3.8) is 0 Å². The summed E-state index contributed by atoms with van der Waals surface area (Å²) in [5.74, 6) is 0.512. The SMILES string of the molecule is Br.COc1nnccc1Br. The zero-order valence-corrected chi connectivity index (χ0v) is 8.54. The summed E-state index contributed by atoms with van der Waals surface area (Å²) in [7, 11) is 1.55. The molecule has 0 N–H and O–H groups in total. The van der Waals surface area contributed by atoms with E-state index in [1.807, 2.05) is 0 Å². The normalized spacial score (nSPS) is 8.20. The fourth-order valence-electron chi connectivity index (χ4n) is 0.442. The van der Waals surface area contributed by atoms with Crippen molar-refractivity contribution in [2.45, 2.75) is 0 Å². The van der Waals surface area contributed by atoms with Gasteiger partial charge in [0.15, 0.2) is 0 Å². The molecule has 0 atom stereocenters. The van der Waals surface area contributed by atoms with E-state index in [0.717, 1.165) is 4.47 Å². The van der Waals surface area contributed by atoms with Crippen molar-refractivity contribution >= 4 is 32.9 Å². The minimum Gasteiger partial charge on any atom is -0.479 e. The first-order chi connectivity index (χ1) is 4.34. The van der Waals surface area contributed by atoms with Crippen LogP contribution in [0.3, 0.4) is 0 Å². The average molecular weight is 270 g/mol. The van der Waals surface area contributed by atoms with Gasteiger partial charge < -0.3 is 4.74 Å². The number of aromatic nitrogens is 2. The number of nitrogens with zero attached hydrogens (tertiary/aromatic N) is 2. The fourth-order valence-corrected chi connectivity index (χ4v) is 0.801. The van der Waals surface area contributed by atoms with Crippen LogP contribution < -0.4 is 4.74 Å². The molecular formula is C5H6Br2N2O. The molecule has 0 aliphatic carbocycles. The highest BCUT2D eigenvalue weighted by Gasteiger charge is 1.96. The van der Waals surface area contributed by atoms with E-state index in [-0.39, 0.29) is 17.0 Å². The molecular weight excluding hydrogens is 264 g/mol. The largest absolute Gasteiger partial charge is 0.479 e. The predicted octanol–water partition coefficient (Wildman–Crippen LogP) is 1.83. The van der Waals surface area contributed by atoms with Crippen molar-refractivity contribution in [3.8, 4) is 5.88 Å². The van der Waals surface area contributed by atoms with E-state index >= 15 is 0 Å². The Hall–Kier alpha value is -0.160. The lowest BCUT2D eigenvalue weighted by molar-refractivity contribution is 0.389. The third-order valence-electron chi connectivity index (χ3n) is 0.834. The number of hydrogen-bond donors (Lipinski definition) is 0. The Morgan fingerprint density at radius 1 is 1.60 bits per heavy atom. The molecule has 1 aromatic rings. The quantitative estimate of drug-likeness (QED) is 0.780. The maximum Gasteiger partial charge on any atom is 0.247 e. The summed E-state index contributed by atoms with van der Waals surface area (Å²) in [4.78, 5) is 0. The molecule has 5 heteroatoms. The highest BCUT2D eigenvalue weighted by Crippen LogP contribution is 2.18. The van der Waals surface area contributed by atoms with Gasteiger partial charge in [0, 0.05) is 0 Å². The Morgan fingerprint density at radius 2 is 2.30 bits per heavy atom. The molecule has 0 amide bonds. The van der Waals surface area contributed by atoms with Crippen LogP contribution in [0, 0.1) is 0 Å². The Labute approximate surface area is 77.7 Å². The van der Waals surface area contributed by atoms with Crippen molar-refractivity contribution in [1.82, 2.24) is 10.2 Å². The second-order valence-corrected chi connectivity index (χ2v) is 2.24. The number of rotatable bonds is 1. The Balaban J connectivity index is 0.000000810. The van der Waals surface area contributed by atoms with Gasteiger partial charge in [0.1, 0.15) is 0 Å². The second kappa shape index (κ2) is 4.62. The summed E-state index contributed by atoms with van der Waals surface area (Å²) in [6.45, 7) is 0. The smallest absolute Gasteiger partial charge is 0.247 e. The van der Waals surface area contributed by atoms with E-state index in [0.29, 0.717) is 5.88 Å². The van der Waals surface area contributed by atoms with Crippen LogP contribution in [-0.2, 0) is 0 Å². The molecule has 1 aromatic heterocycles. The van der Waals surface area contributed by atoms with E-state index in [1.165, 1.54) is 0 Å². The first-order valence-electron chi connectivity index (χ1n) is 2.36. The number of ether oxygens (including phenoxy) is 1. The standard InChI is InChI=1S/C5H5BrN2O.BrH/c1-9-5-4(6)2-3-7-8-5;/h2-3H,1H3;1H. The Kier molecular flexibility index (Phi) is 4.55. The molecule has 56 valence electrons. The van der Waals surface area contributed by atoms with Gasteiger partial charge in [-0.1, -0.05) is 0 Å². The Bertz CT molecular complexity index is 207. The van der Waals surface area contributed by atoms with Crippen LogP contribution >= 0.6 is 32.9 Å². The molecule has 0 aliphatic rings. The summed E-state index contributed by atoms with van der Waals surface area (Å²) in [5, 5.41) is 7.29. The third kappa shape index (κ3) is 2.22. The van der Waals surface area contributed by atoms with Gasteiger partial charge in [-0.05, 0) is 22.0 Å². The van der Waals surface area contributed by atoms with Crippen LogP contribution in [0.5, 0.6) is 5.88 Å². The molecule has 0 saturated heterocycles. The Morgan fingerprint density at radius 3 is 2.70 bits per heavy atom. The number of halogens is 2. The molecule has 0 aromatic carbocycles. The summed E-state index contributed by atoms with van der Waals surface area (Å²) in [5.41, 5.74) is 0. The highest BCUT2D eigenvalue weighted by atomic mass is 79.9. The van der Waals surface area contributed by atoms with Gasteiger partial charge in [0.2, 0.25) is 5.88 Å². The lowest BCUT2D eigenvalue weighted by Gasteiger charge is -1.96. The van der Waals surface area contributed by atoms with Crippen LogP contribution in [0.25, 0.3) is 0 Å². The molecule has 1 heterocycles. The van der Waals surface area contributed by atoms with Gasteiger partial charge in [-0.25, -0.2) is 0 Å². The minimum atomic E-state index is 0. The molecule has 0 radical (unpaired) electrons. The maximum atomic E-state index is 4.82. The second-order valence-electron chi connectivity index (χ2n) is 1.39. The molecule has 0 unspecified atom stereocenters. The van der Waals surface area contributed by atoms with Gasteiger partial charge in [0.25, 0.3) is 0 Å². The van der Waals surface area contributed by atoms with E-state index in [1.54, 1.807) is 19.4 Å². The lowest BCUT2D eigenvalue weighted by atomic mass is 10.6. The fraction of sp³-hybridized carbons (Fsp3) is 0.200. The van der Waals surface area contributed by atoms with Crippen molar-refractivity contribution in [1.29, 1.82) is 0 Å². The van der Waals surface area contributed by atoms with Crippen LogP contribution in [0.15, 0.2) is 16.7 Å². The molecule has 0 fully saturated rings. The van der Waals surface area contributed by atoms with Crippen molar-refractivity contribution in [2.24, 2.45) is 0 Å². The summed E-state index contributed by atoms with van der Waals surface area (Å²) < 4.78 is 5.64. The topological polar surface area (TPSA) is 35.0 Å². The van der Waals surface area contributed by atoms with Gasteiger partial charge in [-0.2, -0.15) is 5.10 Å². The van der Waals surface area contributed by atoms with E-state index < -0.39 is 0 Å².